The van der Waals surface area contributed by atoms with E-state index in [1.54, 1.807) is 11.0 Å². The van der Waals surface area contributed by atoms with Crippen LogP contribution in [0.1, 0.15) is 34.1 Å². The Morgan fingerprint density at radius 2 is 2.06 bits per heavy atom. The topological polar surface area (TPSA) is 46.6 Å². The molecule has 0 N–H and O–H groups in total. The van der Waals surface area contributed by atoms with Crippen molar-refractivity contribution in [3.63, 3.8) is 0 Å². The summed E-state index contributed by atoms with van der Waals surface area (Å²) in [5, 5.41) is 0. The van der Waals surface area contributed by atoms with E-state index >= 15 is 0 Å². The van der Waals surface area contributed by atoms with Gasteiger partial charge in [0.05, 0.1) is 6.54 Å². The van der Waals surface area contributed by atoms with Gasteiger partial charge in [-0.05, 0) is 27.7 Å². The van der Waals surface area contributed by atoms with Gasteiger partial charge in [-0.15, -0.1) is 0 Å². The van der Waals surface area contributed by atoms with Crippen LogP contribution in [0, 0.1) is 0 Å². The molecule has 0 atom stereocenters. The molecule has 0 aliphatic carbocycles. The first kappa shape index (κ1) is 12.7. The molecule has 0 aromatic rings. The number of hydrogen-bond acceptors (Lipinski definition) is 3. The number of carbonyl (C=O) groups is 2. The maximum Gasteiger partial charge on any atom is 0.410 e. The van der Waals surface area contributed by atoms with Crippen molar-refractivity contribution in [2.45, 2.75) is 39.7 Å². The lowest BCUT2D eigenvalue weighted by molar-refractivity contribution is -0.117. The van der Waals surface area contributed by atoms with Gasteiger partial charge < -0.3 is 9.64 Å². The van der Waals surface area contributed by atoms with Crippen LogP contribution in [0.25, 0.3) is 0 Å². The van der Waals surface area contributed by atoms with Gasteiger partial charge in [0, 0.05) is 18.5 Å². The summed E-state index contributed by atoms with van der Waals surface area (Å²) >= 11 is 0. The first-order chi connectivity index (χ1) is 7.33. The van der Waals surface area contributed by atoms with Crippen LogP contribution in [0.4, 0.5) is 4.79 Å². The number of rotatable bonds is 0. The van der Waals surface area contributed by atoms with Crippen molar-refractivity contribution in [2.75, 3.05) is 13.1 Å². The van der Waals surface area contributed by atoms with Crippen molar-refractivity contribution in [3.8, 4) is 0 Å². The minimum Gasteiger partial charge on any atom is -0.444 e. The maximum atomic E-state index is 11.7. The minimum absolute atomic E-state index is 0.127. The van der Waals surface area contributed by atoms with Crippen molar-refractivity contribution in [1.82, 2.24) is 4.90 Å². The summed E-state index contributed by atoms with van der Waals surface area (Å²) in [4.78, 5) is 24.8. The molecule has 90 valence electrons. The molecule has 4 nitrogen and oxygen atoms in total. The predicted molar refractivity (Wildman–Crippen MR) is 61.2 cm³/mol. The Balaban J connectivity index is 2.63. The van der Waals surface area contributed by atoms with Crippen LogP contribution in [0.3, 0.4) is 0 Å². The lowest BCUT2D eigenvalue weighted by Gasteiger charge is -2.30. The van der Waals surface area contributed by atoms with Gasteiger partial charge in [-0.25, -0.2) is 4.79 Å². The third kappa shape index (κ3) is 3.36. The van der Waals surface area contributed by atoms with E-state index in [1.807, 2.05) is 27.7 Å². The molecular formula is C12H19NO3. The number of carbonyl (C=O) groups excluding carboxylic acids is 2. The zero-order valence-corrected chi connectivity index (χ0v) is 10.4. The molecule has 0 aromatic heterocycles. The maximum absolute atomic E-state index is 11.7. The monoisotopic (exact) mass is 225 g/mol. The molecule has 0 saturated carbocycles. The fraction of sp³-hybridized carbons (Fsp3) is 0.667. The van der Waals surface area contributed by atoms with Crippen LogP contribution in [0.15, 0.2) is 11.6 Å². The largest absolute Gasteiger partial charge is 0.444 e. The summed E-state index contributed by atoms with van der Waals surface area (Å²) in [6, 6.07) is 0. The van der Waals surface area contributed by atoms with E-state index in [-0.39, 0.29) is 11.9 Å². The fourth-order valence-corrected chi connectivity index (χ4v) is 1.50. The van der Waals surface area contributed by atoms with Crippen molar-refractivity contribution in [1.29, 1.82) is 0 Å². The number of Topliss-reactive ketones (excluding diaryl/α,β-unsaturated/α-hetero) is 1. The van der Waals surface area contributed by atoms with Crippen molar-refractivity contribution < 1.29 is 14.3 Å². The molecule has 0 spiro atoms. The van der Waals surface area contributed by atoms with E-state index in [2.05, 4.69) is 0 Å². The highest BCUT2D eigenvalue weighted by atomic mass is 16.6. The van der Waals surface area contributed by atoms with Crippen LogP contribution >= 0.6 is 0 Å². The lowest BCUT2D eigenvalue weighted by Crippen LogP contribution is -2.42. The lowest BCUT2D eigenvalue weighted by atomic mass is 10.0. The molecule has 4 heteroatoms. The number of ketones is 1. The molecule has 1 aliphatic rings. The predicted octanol–water partition coefficient (Wildman–Crippen LogP) is 2.14. The summed E-state index contributed by atoms with van der Waals surface area (Å²) < 4.78 is 5.25. The highest BCUT2D eigenvalue weighted by Crippen LogP contribution is 2.16. The first-order valence-electron chi connectivity index (χ1n) is 5.50. The van der Waals surface area contributed by atoms with Crippen LogP contribution in [0.2, 0.25) is 0 Å². The van der Waals surface area contributed by atoms with E-state index in [1.165, 1.54) is 0 Å². The Kier molecular flexibility index (Phi) is 3.73. The summed E-state index contributed by atoms with van der Waals surface area (Å²) in [5.41, 5.74) is 0.200. The minimum atomic E-state index is -0.491. The van der Waals surface area contributed by atoms with E-state index in [0.717, 1.165) is 0 Å². The quantitative estimate of drug-likeness (QED) is 0.593. The second kappa shape index (κ2) is 4.68. The van der Waals surface area contributed by atoms with Gasteiger partial charge in [-0.2, -0.15) is 0 Å². The molecule has 16 heavy (non-hydrogen) atoms. The van der Waals surface area contributed by atoms with Gasteiger partial charge in [0.2, 0.25) is 0 Å². The summed E-state index contributed by atoms with van der Waals surface area (Å²) in [5.74, 6) is 0.127. The Bertz CT molecular complexity index is 326. The highest BCUT2D eigenvalue weighted by molar-refractivity contribution is 5.97. The molecule has 1 heterocycles. The normalized spacial score (nSPS) is 20.1. The van der Waals surface area contributed by atoms with Gasteiger partial charge in [0.15, 0.2) is 5.78 Å². The Hall–Kier alpha value is -1.32. The van der Waals surface area contributed by atoms with Crippen molar-refractivity contribution in [3.05, 3.63) is 11.6 Å². The van der Waals surface area contributed by atoms with E-state index < -0.39 is 5.60 Å². The average molecular weight is 225 g/mol. The smallest absolute Gasteiger partial charge is 0.410 e. The van der Waals surface area contributed by atoms with Crippen LogP contribution in [0.5, 0.6) is 0 Å². The molecule has 1 rings (SSSR count). The standard InChI is InChI=1S/C12H19NO3/c1-5-9-8-13(7-6-10(9)14)11(15)16-12(2,3)4/h5H,6-8H2,1-4H3/b9-5+. The second-order valence-electron chi connectivity index (χ2n) is 4.89. The third-order valence-electron chi connectivity index (χ3n) is 2.33. The van der Waals surface area contributed by atoms with E-state index in [9.17, 15) is 9.59 Å². The molecule has 0 radical (unpaired) electrons. The zero-order chi connectivity index (χ0) is 12.3. The summed E-state index contributed by atoms with van der Waals surface area (Å²) in [6.07, 6.45) is 1.80. The van der Waals surface area contributed by atoms with E-state index in [0.29, 0.717) is 25.1 Å². The molecule has 0 bridgehead atoms. The van der Waals surface area contributed by atoms with Crippen molar-refractivity contribution >= 4 is 11.9 Å². The molecule has 1 amide bonds. The van der Waals surface area contributed by atoms with Gasteiger partial charge in [0.25, 0.3) is 0 Å². The number of nitrogens with zero attached hydrogens (tertiary/aromatic N) is 1. The number of ether oxygens (including phenoxy) is 1. The van der Waals surface area contributed by atoms with Crippen molar-refractivity contribution in [2.24, 2.45) is 0 Å². The molecule has 1 fully saturated rings. The average Bonchev–Trinajstić information content (AvgIpc) is 2.15. The number of allylic oxidation sites excluding steroid dienone is 1. The molecular weight excluding hydrogens is 206 g/mol. The Morgan fingerprint density at radius 1 is 1.44 bits per heavy atom. The second-order valence-corrected chi connectivity index (χ2v) is 4.89. The van der Waals surface area contributed by atoms with Gasteiger partial charge >= 0.3 is 6.09 Å². The summed E-state index contributed by atoms with van der Waals surface area (Å²) in [6.45, 7) is 8.12. The molecule has 1 aliphatic heterocycles. The number of hydrogen-bond donors (Lipinski definition) is 0. The van der Waals surface area contributed by atoms with Crippen LogP contribution < -0.4 is 0 Å². The SMILES string of the molecule is C/C=C1\CN(C(=O)OC(C)(C)C)CCC1=O. The summed E-state index contributed by atoms with van der Waals surface area (Å²) in [7, 11) is 0. The molecule has 1 saturated heterocycles. The van der Waals surface area contributed by atoms with Crippen LogP contribution in [-0.4, -0.2) is 35.5 Å². The Morgan fingerprint density at radius 3 is 2.56 bits per heavy atom. The number of amides is 1. The number of likely N-dealkylation sites (tertiary alicyclic amines) is 1. The number of piperidine rings is 1. The van der Waals surface area contributed by atoms with E-state index in [4.69, 9.17) is 4.74 Å². The third-order valence-corrected chi connectivity index (χ3v) is 2.33. The zero-order valence-electron chi connectivity index (χ0n) is 10.4. The molecule has 0 unspecified atom stereocenters. The Labute approximate surface area is 96.3 Å². The first-order valence-corrected chi connectivity index (χ1v) is 5.50. The fourth-order valence-electron chi connectivity index (χ4n) is 1.50. The van der Waals surface area contributed by atoms with Gasteiger partial charge in [-0.1, -0.05) is 6.08 Å². The van der Waals surface area contributed by atoms with Crippen LogP contribution in [-0.2, 0) is 9.53 Å². The van der Waals surface area contributed by atoms with Gasteiger partial charge in [0.1, 0.15) is 5.60 Å². The van der Waals surface area contributed by atoms with Gasteiger partial charge in [-0.3, -0.25) is 4.79 Å². The molecule has 0 aromatic carbocycles. The highest BCUT2D eigenvalue weighted by Gasteiger charge is 2.27.